The number of aryl methyl sites for hydroxylation is 2. The van der Waals surface area contributed by atoms with E-state index in [-0.39, 0.29) is 12.0 Å². The molecule has 1 rings (SSSR count). The first-order valence-electron chi connectivity index (χ1n) is 6.72. The Morgan fingerprint density at radius 3 is 2.37 bits per heavy atom. The van der Waals surface area contributed by atoms with Crippen molar-refractivity contribution >= 4 is 0 Å². The number of rotatable bonds is 5. The average molecular weight is 260 g/mol. The summed E-state index contributed by atoms with van der Waals surface area (Å²) in [4.78, 5) is 1.97. The summed E-state index contributed by atoms with van der Waals surface area (Å²) in [6, 6.07) is 6.50. The summed E-state index contributed by atoms with van der Waals surface area (Å²) in [6.45, 7) is 8.91. The Morgan fingerprint density at radius 1 is 1.26 bits per heavy atom. The third-order valence-corrected chi connectivity index (χ3v) is 3.52. The van der Waals surface area contributed by atoms with Crippen molar-refractivity contribution in [1.82, 2.24) is 4.90 Å². The van der Waals surface area contributed by atoms with Gasteiger partial charge in [0.1, 0.15) is 11.8 Å². The van der Waals surface area contributed by atoms with Gasteiger partial charge in [0.15, 0.2) is 0 Å². The van der Waals surface area contributed by atoms with Crippen molar-refractivity contribution in [3.8, 4) is 11.8 Å². The summed E-state index contributed by atoms with van der Waals surface area (Å²) in [6.07, 6.45) is 0. The minimum absolute atomic E-state index is 0.115. The molecule has 2 unspecified atom stereocenters. The van der Waals surface area contributed by atoms with Gasteiger partial charge < -0.3 is 4.74 Å². The number of nitrogens with zero attached hydrogens (tertiary/aromatic N) is 2. The van der Waals surface area contributed by atoms with Gasteiger partial charge in [0.2, 0.25) is 0 Å². The largest absolute Gasteiger partial charge is 0.494 e. The molecule has 0 aliphatic rings. The average Bonchev–Trinajstić information content (AvgIpc) is 2.33. The minimum Gasteiger partial charge on any atom is -0.494 e. The third-order valence-electron chi connectivity index (χ3n) is 3.52. The zero-order valence-corrected chi connectivity index (χ0v) is 12.8. The van der Waals surface area contributed by atoms with Crippen LogP contribution in [0.3, 0.4) is 0 Å². The predicted octanol–water partition coefficient (Wildman–Crippen LogP) is 3.26. The van der Waals surface area contributed by atoms with Gasteiger partial charge in [-0.25, -0.2) is 0 Å². The molecule has 3 nitrogen and oxygen atoms in total. The normalized spacial score (nSPS) is 14.0. The van der Waals surface area contributed by atoms with Gasteiger partial charge in [-0.3, -0.25) is 4.90 Å². The van der Waals surface area contributed by atoms with Crippen LogP contribution in [-0.2, 0) is 0 Å². The molecule has 0 radical (unpaired) electrons. The topological polar surface area (TPSA) is 36.3 Å². The molecule has 1 aromatic rings. The van der Waals surface area contributed by atoms with E-state index >= 15 is 0 Å². The zero-order chi connectivity index (χ0) is 14.6. The van der Waals surface area contributed by atoms with E-state index in [1.807, 2.05) is 25.9 Å². The molecule has 0 fully saturated rings. The number of likely N-dealkylation sites (N-methyl/N-ethyl adjacent to an activating group) is 1. The highest BCUT2D eigenvalue weighted by Crippen LogP contribution is 2.30. The van der Waals surface area contributed by atoms with Crippen LogP contribution in [0.15, 0.2) is 12.1 Å². The maximum absolute atomic E-state index is 9.31. The first kappa shape index (κ1) is 15.5. The summed E-state index contributed by atoms with van der Waals surface area (Å²) in [5.74, 6) is 1.11. The quantitative estimate of drug-likeness (QED) is 0.815. The molecule has 0 saturated carbocycles. The van der Waals surface area contributed by atoms with Crippen LogP contribution in [-0.4, -0.2) is 31.6 Å². The molecule has 0 heterocycles. The molecule has 0 saturated heterocycles. The molecule has 1 aromatic carbocycles. The van der Waals surface area contributed by atoms with E-state index in [0.717, 1.165) is 11.3 Å². The van der Waals surface area contributed by atoms with Crippen LogP contribution >= 0.6 is 0 Å². The molecule has 0 aliphatic carbocycles. The smallest absolute Gasteiger partial charge is 0.122 e. The fraction of sp³-hybridized carbons (Fsp3) is 0.562. The number of hydrogen-bond acceptors (Lipinski definition) is 3. The lowest BCUT2D eigenvalue weighted by Crippen LogP contribution is -2.31. The molecule has 0 bridgehead atoms. The van der Waals surface area contributed by atoms with Gasteiger partial charge in [0.05, 0.1) is 12.7 Å². The summed E-state index contributed by atoms with van der Waals surface area (Å²) in [5.41, 5.74) is 3.54. The van der Waals surface area contributed by atoms with E-state index in [1.54, 1.807) is 0 Å². The van der Waals surface area contributed by atoms with Gasteiger partial charge >= 0.3 is 0 Å². The lowest BCUT2D eigenvalue weighted by Gasteiger charge is -2.26. The van der Waals surface area contributed by atoms with E-state index in [2.05, 4.69) is 39.0 Å². The fourth-order valence-electron chi connectivity index (χ4n) is 2.46. The van der Waals surface area contributed by atoms with Gasteiger partial charge in [0.25, 0.3) is 0 Å². The van der Waals surface area contributed by atoms with Gasteiger partial charge in [-0.1, -0.05) is 13.0 Å². The molecule has 0 amide bonds. The summed E-state index contributed by atoms with van der Waals surface area (Å²) in [5, 5.41) is 9.31. The maximum atomic E-state index is 9.31. The van der Waals surface area contributed by atoms with Crippen LogP contribution in [0.2, 0.25) is 0 Å². The van der Waals surface area contributed by atoms with Crippen LogP contribution in [0.1, 0.15) is 36.5 Å². The van der Waals surface area contributed by atoms with Gasteiger partial charge in [0, 0.05) is 5.92 Å². The number of ether oxygens (including phenoxy) is 1. The Hall–Kier alpha value is -1.53. The van der Waals surface area contributed by atoms with Crippen LogP contribution in [0, 0.1) is 25.2 Å². The lowest BCUT2D eigenvalue weighted by molar-refractivity contribution is 0.315. The van der Waals surface area contributed by atoms with E-state index in [9.17, 15) is 5.26 Å². The number of hydrogen-bond donors (Lipinski definition) is 0. The first-order chi connectivity index (χ1) is 8.92. The second-order valence-electron chi connectivity index (χ2n) is 5.23. The summed E-state index contributed by atoms with van der Waals surface area (Å²) >= 11 is 0. The fourth-order valence-corrected chi connectivity index (χ4v) is 2.46. The van der Waals surface area contributed by atoms with E-state index in [4.69, 9.17) is 4.74 Å². The van der Waals surface area contributed by atoms with Crippen LogP contribution < -0.4 is 4.74 Å². The van der Waals surface area contributed by atoms with Crippen LogP contribution in [0.5, 0.6) is 5.75 Å². The van der Waals surface area contributed by atoms with Crippen molar-refractivity contribution in [2.24, 2.45) is 0 Å². The van der Waals surface area contributed by atoms with Crippen LogP contribution in [0.4, 0.5) is 0 Å². The lowest BCUT2D eigenvalue weighted by atomic mass is 9.89. The van der Waals surface area contributed by atoms with Gasteiger partial charge in [-0.2, -0.15) is 5.26 Å². The third kappa shape index (κ3) is 3.48. The monoisotopic (exact) mass is 260 g/mol. The Labute approximate surface area is 116 Å². The summed E-state index contributed by atoms with van der Waals surface area (Å²) < 4.78 is 5.61. The Kier molecular flexibility index (Phi) is 5.38. The van der Waals surface area contributed by atoms with Crippen molar-refractivity contribution in [1.29, 1.82) is 5.26 Å². The van der Waals surface area contributed by atoms with Gasteiger partial charge in [-0.15, -0.1) is 0 Å². The number of benzene rings is 1. The standard InChI is InChI=1S/C16H24N2O/c1-7-19-16-9-11(2)14(8-12(16)3)13(4)15(10-17)18(5)6/h8-9,13,15H,7H2,1-6H3. The number of nitriles is 1. The Balaban J connectivity index is 3.14. The second kappa shape index (κ2) is 6.58. The van der Waals surface area contributed by atoms with Crippen LogP contribution in [0.25, 0.3) is 0 Å². The van der Waals surface area contributed by atoms with E-state index < -0.39 is 0 Å². The molecular weight excluding hydrogens is 236 g/mol. The highest BCUT2D eigenvalue weighted by molar-refractivity contribution is 5.43. The molecule has 0 aromatic heterocycles. The van der Waals surface area contributed by atoms with Crippen molar-refractivity contribution in [2.45, 2.75) is 39.7 Å². The summed E-state index contributed by atoms with van der Waals surface area (Å²) in [7, 11) is 3.89. The molecule has 2 atom stereocenters. The van der Waals surface area contributed by atoms with E-state index in [0.29, 0.717) is 6.61 Å². The van der Waals surface area contributed by atoms with Crippen molar-refractivity contribution in [3.05, 3.63) is 28.8 Å². The zero-order valence-electron chi connectivity index (χ0n) is 12.8. The maximum Gasteiger partial charge on any atom is 0.122 e. The molecule has 19 heavy (non-hydrogen) atoms. The van der Waals surface area contributed by atoms with Crippen molar-refractivity contribution in [3.63, 3.8) is 0 Å². The molecule has 0 aliphatic heterocycles. The van der Waals surface area contributed by atoms with E-state index in [1.165, 1.54) is 11.1 Å². The Bertz CT molecular complexity index is 474. The van der Waals surface area contributed by atoms with Crippen molar-refractivity contribution < 1.29 is 4.74 Å². The predicted molar refractivity (Wildman–Crippen MR) is 78.6 cm³/mol. The second-order valence-corrected chi connectivity index (χ2v) is 5.23. The molecule has 0 spiro atoms. The highest BCUT2D eigenvalue weighted by atomic mass is 16.5. The molecule has 0 N–H and O–H groups in total. The first-order valence-corrected chi connectivity index (χ1v) is 6.72. The molecular formula is C16H24N2O. The molecule has 104 valence electrons. The molecule has 3 heteroatoms. The minimum atomic E-state index is -0.115. The van der Waals surface area contributed by atoms with Gasteiger partial charge in [-0.05, 0) is 57.6 Å². The van der Waals surface area contributed by atoms with Crippen molar-refractivity contribution in [2.75, 3.05) is 20.7 Å². The highest BCUT2D eigenvalue weighted by Gasteiger charge is 2.22. The SMILES string of the molecule is CCOc1cc(C)c(C(C)C(C#N)N(C)C)cc1C. The Morgan fingerprint density at radius 2 is 1.89 bits per heavy atom.